The van der Waals surface area contributed by atoms with Gasteiger partial charge >= 0.3 is 5.97 Å². The Labute approximate surface area is 74.0 Å². The molecular formula is C9H18O3. The third kappa shape index (κ3) is 7.54. The van der Waals surface area contributed by atoms with Crippen molar-refractivity contribution in [2.75, 3.05) is 6.79 Å². The molecule has 0 aliphatic carbocycles. The molecule has 0 saturated heterocycles. The highest BCUT2D eigenvalue weighted by molar-refractivity contribution is 5.69. The van der Waals surface area contributed by atoms with E-state index in [-0.39, 0.29) is 18.9 Å². The molecule has 0 rings (SSSR count). The van der Waals surface area contributed by atoms with Crippen LogP contribution in [0.3, 0.4) is 0 Å². The van der Waals surface area contributed by atoms with Gasteiger partial charge in [0.25, 0.3) is 0 Å². The number of esters is 1. The number of ether oxygens (including phenoxy) is 2. The first-order valence-electron chi connectivity index (χ1n) is 4.44. The van der Waals surface area contributed by atoms with Crippen LogP contribution in [-0.4, -0.2) is 18.9 Å². The standard InChI is InChI=1S/C9H18O3/c1-4-5-6-9(10)12-7-11-8(2)3/h8H,4-7H2,1-3H3. The van der Waals surface area contributed by atoms with E-state index in [1.165, 1.54) is 0 Å². The van der Waals surface area contributed by atoms with Crippen molar-refractivity contribution in [1.29, 1.82) is 0 Å². The van der Waals surface area contributed by atoms with Crippen molar-refractivity contribution in [3.8, 4) is 0 Å². The zero-order valence-electron chi connectivity index (χ0n) is 8.13. The lowest BCUT2D eigenvalue weighted by atomic mass is 10.3. The average molecular weight is 174 g/mol. The Hall–Kier alpha value is -0.570. The van der Waals surface area contributed by atoms with E-state index in [9.17, 15) is 4.79 Å². The van der Waals surface area contributed by atoms with Crippen molar-refractivity contribution >= 4 is 5.97 Å². The molecule has 12 heavy (non-hydrogen) atoms. The summed E-state index contributed by atoms with van der Waals surface area (Å²) in [6.07, 6.45) is 2.52. The van der Waals surface area contributed by atoms with Crippen molar-refractivity contribution in [1.82, 2.24) is 0 Å². The minimum Gasteiger partial charge on any atom is -0.438 e. The second kappa shape index (κ2) is 7.10. The van der Waals surface area contributed by atoms with Crippen LogP contribution in [0.4, 0.5) is 0 Å². The van der Waals surface area contributed by atoms with E-state index in [0.717, 1.165) is 12.8 Å². The lowest BCUT2D eigenvalue weighted by molar-refractivity contribution is -0.159. The van der Waals surface area contributed by atoms with Gasteiger partial charge < -0.3 is 9.47 Å². The monoisotopic (exact) mass is 174 g/mol. The molecule has 0 fully saturated rings. The van der Waals surface area contributed by atoms with Gasteiger partial charge in [-0.2, -0.15) is 0 Å². The molecule has 0 bridgehead atoms. The largest absolute Gasteiger partial charge is 0.438 e. The summed E-state index contributed by atoms with van der Waals surface area (Å²) in [5.74, 6) is -0.169. The number of carbonyl (C=O) groups is 1. The van der Waals surface area contributed by atoms with E-state index in [0.29, 0.717) is 6.42 Å². The van der Waals surface area contributed by atoms with Crippen LogP contribution in [0.25, 0.3) is 0 Å². The average Bonchev–Trinajstić information content (AvgIpc) is 2.00. The summed E-state index contributed by atoms with van der Waals surface area (Å²) >= 11 is 0. The summed E-state index contributed by atoms with van der Waals surface area (Å²) in [7, 11) is 0. The van der Waals surface area contributed by atoms with Gasteiger partial charge in [-0.1, -0.05) is 13.3 Å². The zero-order chi connectivity index (χ0) is 9.40. The molecule has 0 atom stereocenters. The highest BCUT2D eigenvalue weighted by Crippen LogP contribution is 1.97. The second-order valence-corrected chi connectivity index (χ2v) is 2.95. The summed E-state index contributed by atoms with van der Waals surface area (Å²) in [5, 5.41) is 0. The van der Waals surface area contributed by atoms with Crippen LogP contribution in [0.1, 0.15) is 40.0 Å². The maximum absolute atomic E-state index is 10.9. The molecule has 0 amide bonds. The smallest absolute Gasteiger partial charge is 0.307 e. The predicted molar refractivity (Wildman–Crippen MR) is 46.7 cm³/mol. The molecule has 0 unspecified atom stereocenters. The van der Waals surface area contributed by atoms with E-state index < -0.39 is 0 Å². The molecule has 0 aliphatic rings. The van der Waals surface area contributed by atoms with Crippen LogP contribution in [-0.2, 0) is 14.3 Å². The summed E-state index contributed by atoms with van der Waals surface area (Å²) in [6.45, 7) is 5.93. The van der Waals surface area contributed by atoms with E-state index in [1.54, 1.807) is 0 Å². The number of hydrogen-bond acceptors (Lipinski definition) is 3. The molecule has 0 aliphatic heterocycles. The van der Waals surface area contributed by atoms with Gasteiger partial charge in [-0.15, -0.1) is 0 Å². The first-order valence-corrected chi connectivity index (χ1v) is 4.44. The Kier molecular flexibility index (Phi) is 6.76. The highest BCUT2D eigenvalue weighted by atomic mass is 16.7. The lowest BCUT2D eigenvalue weighted by Crippen LogP contribution is -2.11. The summed E-state index contributed by atoms with van der Waals surface area (Å²) in [4.78, 5) is 10.9. The van der Waals surface area contributed by atoms with Crippen molar-refractivity contribution in [3.63, 3.8) is 0 Å². The molecule has 3 heteroatoms. The molecule has 0 aromatic rings. The summed E-state index contributed by atoms with van der Waals surface area (Å²) < 4.78 is 9.84. The maximum Gasteiger partial charge on any atom is 0.307 e. The Morgan fingerprint density at radius 3 is 2.58 bits per heavy atom. The quantitative estimate of drug-likeness (QED) is 0.457. The fourth-order valence-corrected chi connectivity index (χ4v) is 0.629. The molecule has 72 valence electrons. The number of hydrogen-bond donors (Lipinski definition) is 0. The van der Waals surface area contributed by atoms with Crippen molar-refractivity contribution in [2.24, 2.45) is 0 Å². The Morgan fingerprint density at radius 2 is 2.08 bits per heavy atom. The minimum atomic E-state index is -0.169. The number of unbranched alkanes of at least 4 members (excludes halogenated alkanes) is 1. The first-order chi connectivity index (χ1) is 5.66. The third-order valence-corrected chi connectivity index (χ3v) is 1.36. The van der Waals surface area contributed by atoms with Crippen molar-refractivity contribution in [3.05, 3.63) is 0 Å². The van der Waals surface area contributed by atoms with Gasteiger partial charge in [-0.25, -0.2) is 0 Å². The molecule has 0 radical (unpaired) electrons. The normalized spacial score (nSPS) is 10.3. The molecule has 0 saturated carbocycles. The molecular weight excluding hydrogens is 156 g/mol. The van der Waals surface area contributed by atoms with Crippen molar-refractivity contribution < 1.29 is 14.3 Å². The molecule has 3 nitrogen and oxygen atoms in total. The van der Waals surface area contributed by atoms with Gasteiger partial charge in [-0.05, 0) is 20.3 Å². The maximum atomic E-state index is 10.9. The number of rotatable bonds is 6. The summed E-state index contributed by atoms with van der Waals surface area (Å²) in [5.41, 5.74) is 0. The van der Waals surface area contributed by atoms with E-state index in [2.05, 4.69) is 0 Å². The predicted octanol–water partition coefficient (Wildman–Crippen LogP) is 2.10. The van der Waals surface area contributed by atoms with E-state index in [1.807, 2.05) is 20.8 Å². The fourth-order valence-electron chi connectivity index (χ4n) is 0.629. The van der Waals surface area contributed by atoms with Crippen molar-refractivity contribution in [2.45, 2.75) is 46.1 Å². The van der Waals surface area contributed by atoms with E-state index >= 15 is 0 Å². The van der Waals surface area contributed by atoms with Crippen LogP contribution in [0.5, 0.6) is 0 Å². The Balaban J connectivity index is 3.20. The molecule has 0 N–H and O–H groups in total. The topological polar surface area (TPSA) is 35.5 Å². The van der Waals surface area contributed by atoms with Crippen LogP contribution in [0, 0.1) is 0 Å². The molecule has 0 aromatic heterocycles. The Bertz CT molecular complexity index is 121. The SMILES string of the molecule is CCCCC(=O)OCOC(C)C. The van der Waals surface area contributed by atoms with E-state index in [4.69, 9.17) is 9.47 Å². The van der Waals surface area contributed by atoms with Gasteiger partial charge in [0.1, 0.15) is 0 Å². The second-order valence-electron chi connectivity index (χ2n) is 2.95. The van der Waals surface area contributed by atoms with Crippen LogP contribution in [0.15, 0.2) is 0 Å². The van der Waals surface area contributed by atoms with Crippen LogP contribution in [0.2, 0.25) is 0 Å². The lowest BCUT2D eigenvalue weighted by Gasteiger charge is -2.07. The highest BCUT2D eigenvalue weighted by Gasteiger charge is 2.01. The Morgan fingerprint density at radius 1 is 1.42 bits per heavy atom. The molecule has 0 spiro atoms. The minimum absolute atomic E-state index is 0.0835. The van der Waals surface area contributed by atoms with Crippen LogP contribution < -0.4 is 0 Å². The van der Waals surface area contributed by atoms with Gasteiger partial charge in [-0.3, -0.25) is 4.79 Å². The van der Waals surface area contributed by atoms with Crippen LogP contribution >= 0.6 is 0 Å². The first kappa shape index (κ1) is 11.4. The van der Waals surface area contributed by atoms with Gasteiger partial charge in [0.15, 0.2) is 6.79 Å². The fraction of sp³-hybridized carbons (Fsp3) is 0.889. The number of carbonyl (C=O) groups excluding carboxylic acids is 1. The summed E-state index contributed by atoms with van der Waals surface area (Å²) in [6, 6.07) is 0. The van der Waals surface area contributed by atoms with Gasteiger partial charge in [0.05, 0.1) is 6.10 Å². The zero-order valence-corrected chi connectivity index (χ0v) is 8.13. The molecule has 0 heterocycles. The third-order valence-electron chi connectivity index (χ3n) is 1.36. The van der Waals surface area contributed by atoms with Gasteiger partial charge in [0.2, 0.25) is 0 Å². The molecule has 0 aromatic carbocycles. The van der Waals surface area contributed by atoms with Gasteiger partial charge in [0, 0.05) is 6.42 Å².